The van der Waals surface area contributed by atoms with E-state index in [4.69, 9.17) is 0 Å². The molecule has 1 aliphatic carbocycles. The Morgan fingerprint density at radius 1 is 1.41 bits per heavy atom. The molecule has 0 spiro atoms. The fourth-order valence-electron chi connectivity index (χ4n) is 2.52. The molecule has 0 aromatic carbocycles. The first-order valence-electron chi connectivity index (χ1n) is 6.73. The highest BCUT2D eigenvalue weighted by atomic mass is 15.3. The van der Waals surface area contributed by atoms with Crippen LogP contribution in [0.2, 0.25) is 0 Å². The fraction of sp³-hybridized carbons (Fsp3) is 0.643. The summed E-state index contributed by atoms with van der Waals surface area (Å²) in [4.78, 5) is 0. The molecule has 0 radical (unpaired) electrons. The maximum Gasteiger partial charge on any atom is 0.0835 e. The van der Waals surface area contributed by atoms with Gasteiger partial charge in [-0.2, -0.15) is 5.10 Å². The second kappa shape index (κ2) is 6.01. The molecule has 1 aromatic heterocycles. The number of nitrogens with one attached hydrogen (secondary N) is 1. The zero-order chi connectivity index (χ0) is 12.1. The van der Waals surface area contributed by atoms with Crippen LogP contribution in [-0.2, 0) is 7.05 Å². The average Bonchev–Trinajstić information content (AvgIpc) is 2.60. The minimum absolute atomic E-state index is 0.319. The van der Waals surface area contributed by atoms with E-state index in [9.17, 15) is 0 Å². The average molecular weight is 233 g/mol. The smallest absolute Gasteiger partial charge is 0.0835 e. The molecule has 1 unspecified atom stereocenters. The lowest BCUT2D eigenvalue weighted by Gasteiger charge is -2.19. The van der Waals surface area contributed by atoms with Crippen molar-refractivity contribution in [3.05, 3.63) is 29.6 Å². The molecule has 0 bridgehead atoms. The van der Waals surface area contributed by atoms with Gasteiger partial charge in [0.05, 0.1) is 11.7 Å². The molecule has 1 aromatic rings. The number of aromatic nitrogens is 2. The minimum Gasteiger partial charge on any atom is -0.305 e. The van der Waals surface area contributed by atoms with Gasteiger partial charge in [-0.1, -0.05) is 25.0 Å². The van der Waals surface area contributed by atoms with Crippen molar-refractivity contribution in [1.82, 2.24) is 15.1 Å². The van der Waals surface area contributed by atoms with E-state index in [0.717, 1.165) is 12.2 Å². The maximum atomic E-state index is 4.55. The Labute approximate surface area is 104 Å². The number of nitrogens with zero attached hydrogens (tertiary/aromatic N) is 2. The van der Waals surface area contributed by atoms with Crippen LogP contribution < -0.4 is 5.32 Å². The van der Waals surface area contributed by atoms with Gasteiger partial charge in [0.15, 0.2) is 0 Å². The van der Waals surface area contributed by atoms with Crippen LogP contribution in [0.1, 0.15) is 50.8 Å². The second-order valence-corrected chi connectivity index (χ2v) is 4.78. The van der Waals surface area contributed by atoms with Crippen molar-refractivity contribution in [3.63, 3.8) is 0 Å². The van der Waals surface area contributed by atoms with Crippen LogP contribution in [0.25, 0.3) is 0 Å². The van der Waals surface area contributed by atoms with Crippen LogP contribution in [0.15, 0.2) is 23.9 Å². The fourth-order valence-corrected chi connectivity index (χ4v) is 2.52. The minimum atomic E-state index is 0.319. The van der Waals surface area contributed by atoms with Crippen molar-refractivity contribution < 1.29 is 0 Å². The molecule has 0 fully saturated rings. The Morgan fingerprint density at radius 3 is 3.00 bits per heavy atom. The van der Waals surface area contributed by atoms with E-state index in [1.54, 1.807) is 0 Å². The van der Waals surface area contributed by atoms with Crippen LogP contribution in [0.5, 0.6) is 0 Å². The van der Waals surface area contributed by atoms with Crippen molar-refractivity contribution in [2.45, 2.75) is 45.1 Å². The summed E-state index contributed by atoms with van der Waals surface area (Å²) in [6.07, 6.45) is 10.9. The molecular weight excluding hydrogens is 210 g/mol. The molecule has 1 heterocycles. The van der Waals surface area contributed by atoms with E-state index in [-0.39, 0.29) is 0 Å². The largest absolute Gasteiger partial charge is 0.305 e. The standard InChI is InChI=1S/C14H23N3/c1-3-15-14(13-10-11-17(2)16-13)12-8-6-4-5-7-9-12/h8,10-11,14-15H,3-7,9H2,1-2H3. The zero-order valence-corrected chi connectivity index (χ0v) is 10.9. The molecule has 1 aliphatic rings. The molecule has 0 amide bonds. The predicted octanol–water partition coefficient (Wildman–Crippen LogP) is 2.96. The van der Waals surface area contributed by atoms with Crippen LogP contribution in [0, 0.1) is 0 Å². The molecule has 3 heteroatoms. The number of aryl methyl sites for hydroxylation is 1. The monoisotopic (exact) mass is 233 g/mol. The van der Waals surface area contributed by atoms with Gasteiger partial charge in [0.1, 0.15) is 0 Å². The van der Waals surface area contributed by atoms with Gasteiger partial charge < -0.3 is 5.32 Å². The summed E-state index contributed by atoms with van der Waals surface area (Å²) in [6.45, 7) is 3.14. The topological polar surface area (TPSA) is 29.9 Å². The zero-order valence-electron chi connectivity index (χ0n) is 10.9. The van der Waals surface area contributed by atoms with Gasteiger partial charge in [-0.15, -0.1) is 0 Å². The second-order valence-electron chi connectivity index (χ2n) is 4.78. The van der Waals surface area contributed by atoms with Gasteiger partial charge >= 0.3 is 0 Å². The van der Waals surface area contributed by atoms with Gasteiger partial charge in [-0.25, -0.2) is 0 Å². The van der Waals surface area contributed by atoms with E-state index < -0.39 is 0 Å². The summed E-state index contributed by atoms with van der Waals surface area (Å²) in [6, 6.07) is 2.44. The number of hydrogen-bond donors (Lipinski definition) is 1. The Hall–Kier alpha value is -1.09. The molecule has 17 heavy (non-hydrogen) atoms. The summed E-state index contributed by atoms with van der Waals surface area (Å²) >= 11 is 0. The van der Waals surface area contributed by atoms with Crippen LogP contribution in [-0.4, -0.2) is 16.3 Å². The quantitative estimate of drug-likeness (QED) is 0.810. The van der Waals surface area contributed by atoms with E-state index in [1.807, 2.05) is 17.9 Å². The molecule has 1 atom stereocenters. The van der Waals surface area contributed by atoms with Crippen molar-refractivity contribution in [3.8, 4) is 0 Å². The Morgan fingerprint density at radius 2 is 2.29 bits per heavy atom. The predicted molar refractivity (Wildman–Crippen MR) is 70.8 cm³/mol. The Bertz CT molecular complexity index is 379. The van der Waals surface area contributed by atoms with Crippen molar-refractivity contribution in [1.29, 1.82) is 0 Å². The van der Waals surface area contributed by atoms with Gasteiger partial charge in [-0.05, 0) is 38.3 Å². The lowest BCUT2D eigenvalue weighted by Crippen LogP contribution is -2.23. The van der Waals surface area contributed by atoms with E-state index in [2.05, 4.69) is 29.5 Å². The molecule has 0 saturated carbocycles. The molecule has 1 N–H and O–H groups in total. The normalized spacial score (nSPS) is 18.6. The van der Waals surface area contributed by atoms with Gasteiger partial charge in [-0.3, -0.25) is 4.68 Å². The number of likely N-dealkylation sites (N-methyl/N-ethyl adjacent to an activating group) is 1. The highest BCUT2D eigenvalue weighted by molar-refractivity contribution is 5.22. The summed E-state index contributed by atoms with van der Waals surface area (Å²) in [5.74, 6) is 0. The summed E-state index contributed by atoms with van der Waals surface area (Å²) < 4.78 is 1.89. The Kier molecular flexibility index (Phi) is 4.37. The van der Waals surface area contributed by atoms with Crippen LogP contribution in [0.3, 0.4) is 0 Å². The summed E-state index contributed by atoms with van der Waals surface area (Å²) in [7, 11) is 1.98. The van der Waals surface area contributed by atoms with Crippen LogP contribution >= 0.6 is 0 Å². The lowest BCUT2D eigenvalue weighted by atomic mass is 9.99. The SMILES string of the molecule is CCNC(C1=CCCCCC1)c1ccn(C)n1. The first-order valence-corrected chi connectivity index (χ1v) is 6.73. The van der Waals surface area contributed by atoms with Crippen molar-refractivity contribution in [2.24, 2.45) is 7.05 Å². The first-order chi connectivity index (χ1) is 8.31. The van der Waals surface area contributed by atoms with Crippen molar-refractivity contribution >= 4 is 0 Å². The number of allylic oxidation sites excluding steroid dienone is 1. The third-order valence-corrected chi connectivity index (χ3v) is 3.39. The van der Waals surface area contributed by atoms with Gasteiger partial charge in [0.2, 0.25) is 0 Å². The van der Waals surface area contributed by atoms with E-state index in [0.29, 0.717) is 6.04 Å². The number of hydrogen-bond acceptors (Lipinski definition) is 2. The summed E-state index contributed by atoms with van der Waals surface area (Å²) in [5.41, 5.74) is 2.69. The molecule has 2 rings (SSSR count). The molecular formula is C14H23N3. The van der Waals surface area contributed by atoms with E-state index >= 15 is 0 Å². The van der Waals surface area contributed by atoms with Gasteiger partial charge in [0, 0.05) is 13.2 Å². The highest BCUT2D eigenvalue weighted by Gasteiger charge is 2.18. The first kappa shape index (κ1) is 12.4. The molecule has 3 nitrogen and oxygen atoms in total. The van der Waals surface area contributed by atoms with Crippen molar-refractivity contribution in [2.75, 3.05) is 6.54 Å². The number of rotatable bonds is 4. The molecule has 0 saturated heterocycles. The lowest BCUT2D eigenvalue weighted by molar-refractivity contribution is 0.567. The third kappa shape index (κ3) is 3.19. The van der Waals surface area contributed by atoms with Gasteiger partial charge in [0.25, 0.3) is 0 Å². The van der Waals surface area contributed by atoms with E-state index in [1.165, 1.54) is 37.7 Å². The highest BCUT2D eigenvalue weighted by Crippen LogP contribution is 2.28. The third-order valence-electron chi connectivity index (χ3n) is 3.39. The van der Waals surface area contributed by atoms with Crippen LogP contribution in [0.4, 0.5) is 0 Å². The maximum absolute atomic E-state index is 4.55. The summed E-state index contributed by atoms with van der Waals surface area (Å²) in [5, 5.41) is 8.11. The molecule has 94 valence electrons. The Balaban J connectivity index is 2.18. The molecule has 0 aliphatic heterocycles.